The molecule has 3 radical (unpaired) electrons. The summed E-state index contributed by atoms with van der Waals surface area (Å²) < 4.78 is 94.7. The van der Waals surface area contributed by atoms with Crippen molar-refractivity contribution in [2.24, 2.45) is 69.5 Å². The van der Waals surface area contributed by atoms with Crippen molar-refractivity contribution in [1.82, 2.24) is 44.6 Å². The fourth-order valence-electron chi connectivity index (χ4n) is 18.8. The molecular weight excluding hydrogens is 1830 g/mol. The first kappa shape index (κ1) is 111. The van der Waals surface area contributed by atoms with Gasteiger partial charge in [0.05, 0.1) is 89.8 Å². The van der Waals surface area contributed by atoms with Crippen LogP contribution in [0.15, 0.2) is 54.6 Å². The van der Waals surface area contributed by atoms with Crippen LogP contribution < -0.4 is 14.2 Å². The number of esters is 3. The average Bonchev–Trinajstić information content (AvgIpc) is 1.60. The predicted octanol–water partition coefficient (Wildman–Crippen LogP) is 16.2. The number of ether oxygens (including phenoxy) is 6. The van der Waals surface area contributed by atoms with Crippen LogP contribution in [0.5, 0.6) is 34.9 Å². The predicted molar refractivity (Wildman–Crippen MR) is 466 cm³/mol. The Hall–Kier alpha value is -8.36. The average molecular weight is 1960 g/mol. The van der Waals surface area contributed by atoms with Gasteiger partial charge in [0, 0.05) is 79.8 Å². The summed E-state index contributed by atoms with van der Waals surface area (Å²) in [5.74, 6) is -2.52. The summed E-state index contributed by atoms with van der Waals surface area (Å²) in [6.07, 6.45) is 22.7. The third-order valence-electron chi connectivity index (χ3n) is 26.7. The minimum absolute atomic E-state index is 0. The Bertz CT molecular complexity index is 4900. The Morgan fingerprint density at radius 1 is 0.394 bits per heavy atom. The van der Waals surface area contributed by atoms with Crippen LogP contribution in [-0.2, 0) is 132 Å². The van der Waals surface area contributed by atoms with Crippen LogP contribution in [-0.4, -0.2) is 209 Å². The number of carbonyl (C=O) groups excluding carboxylic acids is 9. The third-order valence-corrected chi connectivity index (χ3v) is 26.7. The monoisotopic (exact) mass is 1960 g/mol. The van der Waals surface area contributed by atoms with E-state index in [1.807, 2.05) is 90.0 Å². The first-order valence-corrected chi connectivity index (χ1v) is 45.2. The number of aryl methyl sites for hydroxylation is 3. The van der Waals surface area contributed by atoms with Crippen LogP contribution in [0.4, 0.5) is 26.3 Å². The van der Waals surface area contributed by atoms with Crippen LogP contribution in [0.2, 0.25) is 0 Å². The molecule has 18 atom stereocenters. The van der Waals surface area contributed by atoms with Crippen molar-refractivity contribution in [2.45, 2.75) is 292 Å². The van der Waals surface area contributed by atoms with E-state index < -0.39 is 96.8 Å². The van der Waals surface area contributed by atoms with E-state index in [-0.39, 0.29) is 177 Å². The number of amides is 3. The van der Waals surface area contributed by atoms with Crippen LogP contribution in [0.1, 0.15) is 236 Å². The number of hydrogen-bond donors (Lipinski definition) is 3. The molecule has 6 aromatic rings. The number of carbonyl (C=O) groups is 6. The summed E-state index contributed by atoms with van der Waals surface area (Å²) in [7, 11) is 0. The molecule has 15 rings (SSSR count). The molecule has 6 aliphatic heterocycles. The molecule has 9 heterocycles. The number of phenolic OH excluding ortho intramolecular Hbond substituents is 3. The van der Waals surface area contributed by atoms with Gasteiger partial charge in [-0.25, -0.2) is 75.1 Å². The molecule has 3 aromatic carbocycles. The van der Waals surface area contributed by atoms with E-state index in [1.54, 1.807) is 54.6 Å². The maximum Gasteiger partial charge on any atom is 0.307 e. The minimum Gasteiger partial charge on any atom is -0.540 e. The molecule has 3 aromatic heterocycles. The van der Waals surface area contributed by atoms with Gasteiger partial charge >= 0.3 is 17.9 Å². The standard InChI is InChI=1S/C32H42N3O6.C31H40N3O6.C30H38N3O6.3CH2F2.3V/c1-19-26(18-36)35-17-28(19)41-30-24(33-23-14-13-21(37)15-25(23)34-30)11-7-5-6-9-20-10-8-12-27(20)40-29(38)16-22(31(35)39)32(2,3)4;1-18-25(17-35)34-16-26(18)39-28-23(32-22-12-11-20(36)13-24(22)33-28)10-8-6-7-9-19-15-31(19,5)40-27(37)14-21(29(34)38)30(2,3)4;1-17-24(16-34)33-15-26(17)39-28-22(31-21-11-10-19(35)13-23(21)32-28)9-7-5-6-8-18-12-25(18)38-27(36)14-20(29(33)37)30(2,3)4;3*2-1-3;;;/h13-15,19-20,22,26-28,37H,5-12,16-17H2,1-4H3;11-13,18-19,21,25-26,36H,6-10,14-16H2,1-5H3;10-11,13,17-18,20,24-26,35H,5-9,12,14-15H2,1-4H3;3*1H2;;;/q3*-1;;;;;;/t19-,20+,22+,26+,27+,28-;18-,19+,21+,25+,26-,31+;17-,18+,20+,24+,25+,26-;;;;;;/m000....../s1. The Labute approximate surface area is 804 Å². The molecule has 3 aliphatic carbocycles. The number of halogens is 6. The summed E-state index contributed by atoms with van der Waals surface area (Å²) in [5, 5.41) is 30.0. The molecule has 6 fully saturated rings. The van der Waals surface area contributed by atoms with Gasteiger partial charge in [0.1, 0.15) is 70.5 Å². The molecule has 132 heavy (non-hydrogen) atoms. The fraction of sp³-hybridized carbons (Fsp3) is 0.656. The summed E-state index contributed by atoms with van der Waals surface area (Å²) in [5.41, 5.74) is 3.67. The number of rotatable bonds is 3. The van der Waals surface area contributed by atoms with Crippen molar-refractivity contribution in [2.75, 3.05) is 40.4 Å². The molecule has 0 unspecified atom stereocenters. The van der Waals surface area contributed by atoms with E-state index in [0.717, 1.165) is 126 Å². The molecule has 27 nitrogen and oxygen atoms in total. The van der Waals surface area contributed by atoms with Gasteiger partial charge in [0.15, 0.2) is 0 Å². The molecule has 3 amide bonds. The fourth-order valence-corrected chi connectivity index (χ4v) is 18.8. The van der Waals surface area contributed by atoms with Crippen LogP contribution >= 0.6 is 0 Å². The molecule has 6 bridgehead atoms. The van der Waals surface area contributed by atoms with Gasteiger partial charge in [-0.3, -0.25) is 28.8 Å². The summed E-state index contributed by atoms with van der Waals surface area (Å²) in [6, 6.07) is 12.2. The Morgan fingerprint density at radius 3 is 1.04 bits per heavy atom. The number of aromatic hydroxyl groups is 3. The number of phenols is 3. The zero-order chi connectivity index (χ0) is 94.1. The van der Waals surface area contributed by atoms with E-state index >= 15 is 0 Å². The van der Waals surface area contributed by atoms with Gasteiger partial charge in [-0.15, -0.1) is 0 Å². The van der Waals surface area contributed by atoms with Gasteiger partial charge in [-0.2, -0.15) is 0 Å². The molecule has 0 spiro atoms. The second kappa shape index (κ2) is 49.4. The number of benzene rings is 3. The van der Waals surface area contributed by atoms with Crippen molar-refractivity contribution < 1.29 is 169 Å². The normalized spacial score (nSPS) is 28.4. The summed E-state index contributed by atoms with van der Waals surface area (Å²) in [6.45, 7) is 20.2. The Morgan fingerprint density at radius 2 is 0.705 bits per heavy atom. The molecule has 36 heteroatoms. The van der Waals surface area contributed by atoms with E-state index in [9.17, 15) is 84.8 Å². The molecule has 3 saturated carbocycles. The molecule has 723 valence electrons. The molecular formula is C96H126F6N9O18V3-3. The second-order valence-electron chi connectivity index (χ2n) is 39.1. The largest absolute Gasteiger partial charge is 0.540 e. The van der Waals surface area contributed by atoms with Crippen molar-refractivity contribution >= 4 is 87.6 Å². The van der Waals surface area contributed by atoms with E-state index in [2.05, 4.69) is 18.9 Å². The van der Waals surface area contributed by atoms with E-state index in [1.165, 1.54) is 14.7 Å². The van der Waals surface area contributed by atoms with Crippen LogP contribution in [0, 0.1) is 69.5 Å². The van der Waals surface area contributed by atoms with Crippen LogP contribution in [0.3, 0.4) is 0 Å². The summed E-state index contributed by atoms with van der Waals surface area (Å²) >= 11 is 0. The van der Waals surface area contributed by atoms with Gasteiger partial charge < -0.3 is 72.8 Å². The molecule has 3 N–H and O–H groups in total. The van der Waals surface area contributed by atoms with E-state index in [0.29, 0.717) is 87.8 Å². The Kier molecular flexibility index (Phi) is 41.4. The Balaban J connectivity index is 0.000000256. The molecule has 3 saturated heterocycles. The topological polar surface area (TPSA) is 357 Å². The van der Waals surface area contributed by atoms with Crippen molar-refractivity contribution in [3.8, 4) is 34.9 Å². The minimum atomic E-state index is -1.75. The first-order valence-electron chi connectivity index (χ1n) is 45.2. The number of hydrogen-bond acceptors (Lipinski definition) is 24. The summed E-state index contributed by atoms with van der Waals surface area (Å²) in [4.78, 5) is 151. The number of nitrogens with zero attached hydrogens (tertiary/aromatic N) is 9. The van der Waals surface area contributed by atoms with Gasteiger partial charge in [-0.1, -0.05) is 140 Å². The van der Waals surface area contributed by atoms with Crippen molar-refractivity contribution in [3.05, 3.63) is 71.7 Å². The number of fused-ring (bicyclic) bond motifs is 15. The smallest absolute Gasteiger partial charge is 0.307 e. The first-order chi connectivity index (χ1) is 61.2. The van der Waals surface area contributed by atoms with Gasteiger partial charge in [-0.05, 0) is 179 Å². The number of alkyl halides is 6. The maximum atomic E-state index is 14.0. The molecule has 9 aliphatic rings. The van der Waals surface area contributed by atoms with Crippen LogP contribution in [0.25, 0.3) is 33.1 Å². The van der Waals surface area contributed by atoms with Gasteiger partial charge in [0.2, 0.25) is 56.1 Å². The quantitative estimate of drug-likeness (QED) is 0.0641. The van der Waals surface area contributed by atoms with E-state index in [4.69, 9.17) is 58.3 Å². The zero-order valence-corrected chi connectivity index (χ0v) is 81.8. The second-order valence-corrected chi connectivity index (χ2v) is 39.1. The maximum absolute atomic E-state index is 14.0. The van der Waals surface area contributed by atoms with Crippen molar-refractivity contribution in [1.29, 1.82) is 0 Å². The SMILES string of the molecule is C[C@@H]1[C@@H]2CN(C(=O)[C@H](C(C)(C)C)CC(=O)O[C@@H]3CCC[C@H]3CCCCCc3nc4ccc(O)cc4nc3O2)[C@@H]1[C-]=O.C[C@@H]1[C@@H]2CN(C(=O)[C@H](C(C)(C)C)CC(=O)O[C@@H]3C[C@H]3CCCCCc3nc4ccc(O)cc4nc3O2)[C@@H]1[C-]=O.C[C@@H]1[C@@H]2CN(C(=O)[C@H](C(C)(C)C)CC(=O)O[C@]3(C)C[C@H]3CCCCCc3nc4ccc(O)cc4nc3O2)[C@@H]1[C-]=O.FCF.FCF.FCF.[V].[V].[V]. The van der Waals surface area contributed by atoms with Crippen molar-refractivity contribution in [3.63, 3.8) is 0 Å². The third kappa shape index (κ3) is 28.6. The number of aromatic nitrogens is 6. The zero-order valence-electron chi connectivity index (χ0n) is 77.6. The van der Waals surface area contributed by atoms with Gasteiger partial charge in [0.25, 0.3) is 0 Å².